The smallest absolute Gasteiger partial charge is 0.155 e. The minimum Gasteiger partial charge on any atom is -0.494 e. The van der Waals surface area contributed by atoms with Crippen molar-refractivity contribution in [2.75, 3.05) is 7.11 Å². The maximum absolute atomic E-state index is 11.1. The van der Waals surface area contributed by atoms with E-state index in [9.17, 15) is 4.79 Å². The number of carbonyl (C=O) groups is 1. The molecule has 0 saturated carbocycles. The molecule has 0 spiro atoms. The van der Waals surface area contributed by atoms with Gasteiger partial charge in [-0.25, -0.2) is 9.97 Å². The molecular formula is C12H10ClN3O2. The van der Waals surface area contributed by atoms with Crippen LogP contribution in [0.15, 0.2) is 18.3 Å². The molecule has 2 heterocycles. The lowest BCUT2D eigenvalue weighted by Gasteiger charge is -2.09. The van der Waals surface area contributed by atoms with Crippen molar-refractivity contribution in [1.82, 2.24) is 15.0 Å². The average Bonchev–Trinajstić information content (AvgIpc) is 2.38. The second-order valence-electron chi connectivity index (χ2n) is 3.50. The normalized spacial score (nSPS) is 10.2. The highest BCUT2D eigenvalue weighted by Crippen LogP contribution is 2.30. The van der Waals surface area contributed by atoms with E-state index in [0.29, 0.717) is 29.2 Å². The summed E-state index contributed by atoms with van der Waals surface area (Å²) in [6, 6.07) is 3.47. The molecule has 0 atom stereocenters. The van der Waals surface area contributed by atoms with E-state index >= 15 is 0 Å². The number of halogens is 1. The number of hydrogen-bond acceptors (Lipinski definition) is 5. The van der Waals surface area contributed by atoms with E-state index in [-0.39, 0.29) is 10.7 Å². The number of aldehydes is 1. The molecule has 92 valence electrons. The number of pyridine rings is 1. The molecule has 0 aliphatic carbocycles. The van der Waals surface area contributed by atoms with Crippen LogP contribution in [0.3, 0.4) is 0 Å². The first-order valence-corrected chi connectivity index (χ1v) is 5.54. The van der Waals surface area contributed by atoms with Crippen LogP contribution in [0.4, 0.5) is 0 Å². The molecule has 0 amide bonds. The molecule has 0 aromatic carbocycles. The number of rotatable bonds is 3. The maximum Gasteiger partial charge on any atom is 0.155 e. The predicted octanol–water partition coefficient (Wildman–Crippen LogP) is 2.32. The van der Waals surface area contributed by atoms with E-state index < -0.39 is 0 Å². The van der Waals surface area contributed by atoms with Crippen molar-refractivity contribution in [3.8, 4) is 17.1 Å². The third-order valence-corrected chi connectivity index (χ3v) is 2.63. The zero-order valence-corrected chi connectivity index (χ0v) is 10.6. The Labute approximate surface area is 109 Å². The van der Waals surface area contributed by atoms with Crippen molar-refractivity contribution < 1.29 is 9.53 Å². The van der Waals surface area contributed by atoms with Gasteiger partial charge in [0.05, 0.1) is 12.7 Å². The summed E-state index contributed by atoms with van der Waals surface area (Å²) < 4.78 is 5.20. The van der Waals surface area contributed by atoms with E-state index in [2.05, 4.69) is 15.0 Å². The molecule has 0 bridgehead atoms. The molecule has 0 aliphatic heterocycles. The van der Waals surface area contributed by atoms with Crippen molar-refractivity contribution in [2.24, 2.45) is 0 Å². The van der Waals surface area contributed by atoms with Gasteiger partial charge in [-0.2, -0.15) is 0 Å². The van der Waals surface area contributed by atoms with Crippen LogP contribution in [0, 0.1) is 6.92 Å². The van der Waals surface area contributed by atoms with Crippen molar-refractivity contribution in [2.45, 2.75) is 6.92 Å². The van der Waals surface area contributed by atoms with Gasteiger partial charge < -0.3 is 4.74 Å². The Kier molecular flexibility index (Phi) is 3.53. The summed E-state index contributed by atoms with van der Waals surface area (Å²) >= 11 is 5.93. The van der Waals surface area contributed by atoms with Gasteiger partial charge in [0.2, 0.25) is 0 Å². The Morgan fingerprint density at radius 1 is 1.33 bits per heavy atom. The average molecular weight is 264 g/mol. The monoisotopic (exact) mass is 263 g/mol. The summed E-state index contributed by atoms with van der Waals surface area (Å²) in [4.78, 5) is 23.4. The van der Waals surface area contributed by atoms with Crippen LogP contribution in [0.5, 0.6) is 5.75 Å². The van der Waals surface area contributed by atoms with Crippen LogP contribution in [-0.4, -0.2) is 28.3 Å². The molecule has 18 heavy (non-hydrogen) atoms. The fraction of sp³-hybridized carbons (Fsp3) is 0.167. The number of aryl methyl sites for hydroxylation is 1. The molecule has 2 rings (SSSR count). The van der Waals surface area contributed by atoms with Crippen molar-refractivity contribution in [1.29, 1.82) is 0 Å². The summed E-state index contributed by atoms with van der Waals surface area (Å²) in [5.41, 5.74) is 1.05. The molecule has 0 radical (unpaired) electrons. The quantitative estimate of drug-likeness (QED) is 0.628. The zero-order valence-electron chi connectivity index (χ0n) is 9.85. The molecule has 6 heteroatoms. The number of carbonyl (C=O) groups excluding carboxylic acids is 1. The second kappa shape index (κ2) is 5.10. The minimum absolute atomic E-state index is 0.111. The van der Waals surface area contributed by atoms with Crippen LogP contribution in [-0.2, 0) is 0 Å². The highest BCUT2D eigenvalue weighted by atomic mass is 35.5. The van der Waals surface area contributed by atoms with Crippen LogP contribution in [0.25, 0.3) is 11.4 Å². The van der Waals surface area contributed by atoms with Crippen molar-refractivity contribution >= 4 is 17.9 Å². The Balaban J connectivity index is 2.73. The molecule has 2 aromatic rings. The van der Waals surface area contributed by atoms with Gasteiger partial charge in [0.25, 0.3) is 0 Å². The van der Waals surface area contributed by atoms with Gasteiger partial charge in [-0.3, -0.25) is 9.78 Å². The van der Waals surface area contributed by atoms with Crippen LogP contribution >= 0.6 is 11.6 Å². The summed E-state index contributed by atoms with van der Waals surface area (Å²) in [6.07, 6.45) is 2.21. The summed E-state index contributed by atoms with van der Waals surface area (Å²) in [6.45, 7) is 1.69. The van der Waals surface area contributed by atoms with Gasteiger partial charge in [-0.1, -0.05) is 11.6 Å². The fourth-order valence-corrected chi connectivity index (χ4v) is 1.82. The molecule has 0 fully saturated rings. The van der Waals surface area contributed by atoms with Crippen molar-refractivity contribution in [3.05, 3.63) is 34.9 Å². The third kappa shape index (κ3) is 2.17. The molecule has 0 saturated heterocycles. The van der Waals surface area contributed by atoms with Gasteiger partial charge >= 0.3 is 0 Å². The number of ether oxygens (including phenoxy) is 1. The minimum atomic E-state index is 0.111. The summed E-state index contributed by atoms with van der Waals surface area (Å²) in [5.74, 6) is 0.989. The summed E-state index contributed by atoms with van der Waals surface area (Å²) in [5, 5.41) is 0.111. The molecular weight excluding hydrogens is 254 g/mol. The largest absolute Gasteiger partial charge is 0.494 e. The zero-order chi connectivity index (χ0) is 13.1. The first-order valence-electron chi connectivity index (χ1n) is 5.16. The van der Waals surface area contributed by atoms with Gasteiger partial charge in [0.1, 0.15) is 28.1 Å². The third-order valence-electron chi connectivity index (χ3n) is 2.34. The first kappa shape index (κ1) is 12.4. The topological polar surface area (TPSA) is 65.0 Å². The maximum atomic E-state index is 11.1. The fourth-order valence-electron chi connectivity index (χ4n) is 1.57. The molecule has 2 aromatic heterocycles. The lowest BCUT2D eigenvalue weighted by Crippen LogP contribution is -2.02. The van der Waals surface area contributed by atoms with E-state index in [0.717, 1.165) is 0 Å². The Bertz CT molecular complexity index is 602. The van der Waals surface area contributed by atoms with E-state index in [4.69, 9.17) is 16.3 Å². The van der Waals surface area contributed by atoms with Gasteiger partial charge in [-0.05, 0) is 19.1 Å². The molecule has 0 unspecified atom stereocenters. The van der Waals surface area contributed by atoms with Gasteiger partial charge in [0.15, 0.2) is 6.29 Å². The van der Waals surface area contributed by atoms with Gasteiger partial charge in [0, 0.05) is 6.20 Å². The Morgan fingerprint density at radius 3 is 2.78 bits per heavy atom. The standard InChI is InChI=1S/C12H10ClN3O2/c1-7-15-10(8(6-17)12(13)16-7)11-9(18-2)4-3-5-14-11/h3-6H,1-2H3. The van der Waals surface area contributed by atoms with E-state index in [1.165, 1.54) is 7.11 Å². The van der Waals surface area contributed by atoms with Crippen LogP contribution in [0.2, 0.25) is 5.15 Å². The molecule has 0 aliphatic rings. The number of aromatic nitrogens is 3. The lowest BCUT2D eigenvalue weighted by atomic mass is 10.1. The number of nitrogens with zero attached hydrogens (tertiary/aromatic N) is 3. The Morgan fingerprint density at radius 2 is 2.11 bits per heavy atom. The van der Waals surface area contributed by atoms with Crippen LogP contribution in [0.1, 0.15) is 16.2 Å². The lowest BCUT2D eigenvalue weighted by molar-refractivity contribution is 0.112. The predicted molar refractivity (Wildman–Crippen MR) is 66.9 cm³/mol. The van der Waals surface area contributed by atoms with Gasteiger partial charge in [-0.15, -0.1) is 0 Å². The SMILES string of the molecule is COc1cccnc1-c1nc(C)nc(Cl)c1C=O. The number of methoxy groups -OCH3 is 1. The van der Waals surface area contributed by atoms with Crippen molar-refractivity contribution in [3.63, 3.8) is 0 Å². The van der Waals surface area contributed by atoms with E-state index in [1.54, 1.807) is 25.3 Å². The molecule has 5 nitrogen and oxygen atoms in total. The van der Waals surface area contributed by atoms with Crippen LogP contribution < -0.4 is 4.74 Å². The highest BCUT2D eigenvalue weighted by Gasteiger charge is 2.17. The number of hydrogen-bond donors (Lipinski definition) is 0. The molecule has 0 N–H and O–H groups in total. The Hall–Kier alpha value is -2.01. The summed E-state index contributed by atoms with van der Waals surface area (Å²) in [7, 11) is 1.52. The highest BCUT2D eigenvalue weighted by molar-refractivity contribution is 6.32. The first-order chi connectivity index (χ1) is 8.67. The second-order valence-corrected chi connectivity index (χ2v) is 3.85. The van der Waals surface area contributed by atoms with E-state index in [1.807, 2.05) is 0 Å².